The molecule has 3 N–H and O–H groups in total. The first-order valence-corrected chi connectivity index (χ1v) is 11.3. The van der Waals surface area contributed by atoms with E-state index in [0.717, 1.165) is 78.3 Å². The molecule has 1 amide bonds. The van der Waals surface area contributed by atoms with Gasteiger partial charge in [-0.25, -0.2) is 20.0 Å². The van der Waals surface area contributed by atoms with E-state index < -0.39 is 5.41 Å². The van der Waals surface area contributed by atoms with Crippen LogP contribution in [-0.2, 0) is 10.2 Å². The minimum absolute atomic E-state index is 0.105. The Morgan fingerprint density at radius 2 is 1.88 bits per heavy atom. The number of carbonyl (C=O) groups excluding carboxylic acids is 1. The molecule has 9 heteroatoms. The van der Waals surface area contributed by atoms with Crippen molar-refractivity contribution in [3.8, 4) is 22.6 Å². The van der Waals surface area contributed by atoms with E-state index in [9.17, 15) is 10.0 Å². The van der Waals surface area contributed by atoms with Gasteiger partial charge in [0, 0.05) is 22.9 Å². The van der Waals surface area contributed by atoms with Crippen LogP contribution < -0.4 is 5.48 Å². The van der Waals surface area contributed by atoms with Crippen LogP contribution in [0.1, 0.15) is 50.0 Å². The quantitative estimate of drug-likeness (QED) is 0.327. The standard InChI is InChI=1S/C24H25N7O2/c1-15-3-2-4-17(27-15)20-19(16-5-6-18-25-14-26-31(18)13-16)28-21(29-20)23-7-10-24(11-8-23,12-9-23)22(32)30-33/h2-6,13-14,33H,7-12H2,1H3,(H,28,29)(H,30,32). The maximum Gasteiger partial charge on any atom is 0.249 e. The predicted octanol–water partition coefficient (Wildman–Crippen LogP) is 3.59. The summed E-state index contributed by atoms with van der Waals surface area (Å²) < 4.78 is 1.75. The third-order valence-corrected chi connectivity index (χ3v) is 7.73. The number of carbonyl (C=O) groups is 1. The van der Waals surface area contributed by atoms with Gasteiger partial charge in [0.1, 0.15) is 17.8 Å². The molecule has 4 heterocycles. The van der Waals surface area contributed by atoms with Crippen molar-refractivity contribution >= 4 is 11.6 Å². The first-order valence-electron chi connectivity index (χ1n) is 11.3. The molecule has 3 saturated carbocycles. The van der Waals surface area contributed by atoms with Gasteiger partial charge in [0.2, 0.25) is 5.91 Å². The lowest BCUT2D eigenvalue weighted by atomic mass is 9.53. The van der Waals surface area contributed by atoms with Crippen molar-refractivity contribution in [2.75, 3.05) is 0 Å². The maximum absolute atomic E-state index is 12.3. The Kier molecular flexibility index (Phi) is 4.38. The Bertz CT molecular complexity index is 1350. The monoisotopic (exact) mass is 443 g/mol. The number of hydrogen-bond acceptors (Lipinski definition) is 6. The van der Waals surface area contributed by atoms with Crippen LogP contribution in [0.3, 0.4) is 0 Å². The molecule has 3 fully saturated rings. The summed E-state index contributed by atoms with van der Waals surface area (Å²) in [5.41, 5.74) is 6.56. The Labute approximate surface area is 190 Å². The number of H-pyrrole nitrogens is 1. The van der Waals surface area contributed by atoms with Crippen molar-refractivity contribution in [2.24, 2.45) is 5.41 Å². The highest BCUT2D eigenvalue weighted by Crippen LogP contribution is 2.57. The van der Waals surface area contributed by atoms with E-state index in [1.165, 1.54) is 0 Å². The Morgan fingerprint density at radius 1 is 1.09 bits per heavy atom. The van der Waals surface area contributed by atoms with Crippen molar-refractivity contribution in [1.82, 2.24) is 35.0 Å². The fourth-order valence-electron chi connectivity index (χ4n) is 5.66. The molecule has 9 nitrogen and oxygen atoms in total. The van der Waals surface area contributed by atoms with E-state index in [1.54, 1.807) is 10.8 Å². The van der Waals surface area contributed by atoms with Gasteiger partial charge in [-0.1, -0.05) is 6.07 Å². The largest absolute Gasteiger partial charge is 0.341 e. The number of hydroxylamine groups is 1. The molecule has 7 rings (SSSR count). The topological polar surface area (TPSA) is 121 Å². The molecule has 0 atom stereocenters. The number of pyridine rings is 2. The lowest BCUT2D eigenvalue weighted by Crippen LogP contribution is -2.51. The highest BCUT2D eigenvalue weighted by molar-refractivity contribution is 5.82. The lowest BCUT2D eigenvalue weighted by Gasteiger charge is -2.51. The zero-order valence-electron chi connectivity index (χ0n) is 18.4. The SMILES string of the molecule is Cc1cccc(-c2nc(C34CCC(C(=O)NO)(CC3)CC4)[nH]c2-c2ccc3ncnn3c2)n1. The minimum atomic E-state index is -0.453. The fourth-order valence-corrected chi connectivity index (χ4v) is 5.66. The molecule has 0 aromatic carbocycles. The summed E-state index contributed by atoms with van der Waals surface area (Å²) in [5, 5.41) is 13.5. The van der Waals surface area contributed by atoms with Gasteiger partial charge in [-0.05, 0) is 69.7 Å². The number of nitrogens with one attached hydrogen (secondary N) is 2. The van der Waals surface area contributed by atoms with Gasteiger partial charge in [-0.2, -0.15) is 5.10 Å². The Balaban J connectivity index is 1.45. The summed E-state index contributed by atoms with van der Waals surface area (Å²) in [6.07, 6.45) is 8.31. The van der Waals surface area contributed by atoms with Crippen LogP contribution in [0.15, 0.2) is 42.9 Å². The number of aryl methyl sites for hydroxylation is 1. The Hall–Kier alpha value is -3.59. The van der Waals surface area contributed by atoms with E-state index in [2.05, 4.69) is 15.1 Å². The minimum Gasteiger partial charge on any atom is -0.341 e. The van der Waals surface area contributed by atoms with Gasteiger partial charge >= 0.3 is 0 Å². The van der Waals surface area contributed by atoms with Crippen molar-refractivity contribution in [2.45, 2.75) is 50.9 Å². The first-order chi connectivity index (χ1) is 16.0. The van der Waals surface area contributed by atoms with E-state index in [0.29, 0.717) is 0 Å². The molecular weight excluding hydrogens is 418 g/mol. The van der Waals surface area contributed by atoms with Gasteiger partial charge in [0.15, 0.2) is 5.65 Å². The number of amides is 1. The van der Waals surface area contributed by atoms with Gasteiger partial charge in [-0.15, -0.1) is 0 Å². The lowest BCUT2D eigenvalue weighted by molar-refractivity contribution is -0.147. The highest BCUT2D eigenvalue weighted by Gasteiger charge is 2.54. The number of hydrogen-bond donors (Lipinski definition) is 3. The molecular formula is C24H25N7O2. The molecule has 0 aliphatic heterocycles. The van der Waals surface area contributed by atoms with Crippen LogP contribution >= 0.6 is 0 Å². The summed E-state index contributed by atoms with van der Waals surface area (Å²) in [4.78, 5) is 30.1. The number of imidazole rings is 1. The van der Waals surface area contributed by atoms with Crippen LogP contribution in [0.2, 0.25) is 0 Å². The summed E-state index contributed by atoms with van der Waals surface area (Å²) in [7, 11) is 0. The van der Waals surface area contributed by atoms with Crippen LogP contribution in [0, 0.1) is 12.3 Å². The van der Waals surface area contributed by atoms with Gasteiger partial charge in [-0.3, -0.25) is 15.0 Å². The second kappa shape index (κ2) is 7.21. The molecule has 4 aromatic heterocycles. The van der Waals surface area contributed by atoms with Crippen LogP contribution in [0.4, 0.5) is 0 Å². The predicted molar refractivity (Wildman–Crippen MR) is 120 cm³/mol. The fraction of sp³-hybridized carbons (Fsp3) is 0.375. The molecule has 3 aliphatic rings. The summed E-state index contributed by atoms with van der Waals surface area (Å²) in [6, 6.07) is 9.93. The summed E-state index contributed by atoms with van der Waals surface area (Å²) >= 11 is 0. The van der Waals surface area contributed by atoms with Crippen molar-refractivity contribution < 1.29 is 10.0 Å². The summed E-state index contributed by atoms with van der Waals surface area (Å²) in [5.74, 6) is 0.703. The van der Waals surface area contributed by atoms with Crippen LogP contribution in [0.5, 0.6) is 0 Å². The third kappa shape index (κ3) is 3.06. The summed E-state index contributed by atoms with van der Waals surface area (Å²) in [6.45, 7) is 1.98. The van der Waals surface area contributed by atoms with Crippen molar-refractivity contribution in [3.05, 3.63) is 54.4 Å². The maximum atomic E-state index is 12.3. The zero-order valence-corrected chi connectivity index (χ0v) is 18.4. The number of aromatic nitrogens is 6. The molecule has 3 aliphatic carbocycles. The average molecular weight is 444 g/mol. The van der Waals surface area contributed by atoms with E-state index in [1.807, 2.05) is 48.9 Å². The normalized spacial score (nSPS) is 24.3. The molecule has 0 radical (unpaired) electrons. The Morgan fingerprint density at radius 3 is 2.61 bits per heavy atom. The van der Waals surface area contributed by atoms with E-state index >= 15 is 0 Å². The van der Waals surface area contributed by atoms with Crippen LogP contribution in [0.25, 0.3) is 28.3 Å². The van der Waals surface area contributed by atoms with Gasteiger partial charge in [0.25, 0.3) is 0 Å². The third-order valence-electron chi connectivity index (χ3n) is 7.73. The molecule has 4 aromatic rings. The molecule has 33 heavy (non-hydrogen) atoms. The smallest absolute Gasteiger partial charge is 0.249 e. The molecule has 0 unspecified atom stereocenters. The second-order valence-electron chi connectivity index (χ2n) is 9.46. The highest BCUT2D eigenvalue weighted by atomic mass is 16.5. The molecule has 168 valence electrons. The average Bonchev–Trinajstić information content (AvgIpc) is 3.52. The number of rotatable bonds is 4. The van der Waals surface area contributed by atoms with Crippen molar-refractivity contribution in [1.29, 1.82) is 0 Å². The molecule has 0 saturated heterocycles. The molecule has 0 spiro atoms. The zero-order chi connectivity index (χ0) is 22.6. The number of aromatic amines is 1. The first kappa shape index (κ1) is 20.0. The second-order valence-corrected chi connectivity index (χ2v) is 9.46. The van der Waals surface area contributed by atoms with Crippen LogP contribution in [-0.4, -0.2) is 40.7 Å². The number of fused-ring (bicyclic) bond motifs is 4. The van der Waals surface area contributed by atoms with Crippen molar-refractivity contribution in [3.63, 3.8) is 0 Å². The molecule has 2 bridgehead atoms. The van der Waals surface area contributed by atoms with Gasteiger partial charge < -0.3 is 4.98 Å². The van der Waals surface area contributed by atoms with Gasteiger partial charge in [0.05, 0.1) is 16.8 Å². The van der Waals surface area contributed by atoms with E-state index in [-0.39, 0.29) is 11.3 Å². The number of nitrogens with zero attached hydrogens (tertiary/aromatic N) is 5. The van der Waals surface area contributed by atoms with E-state index in [4.69, 9.17) is 9.97 Å².